The summed E-state index contributed by atoms with van der Waals surface area (Å²) < 4.78 is 0. The van der Waals surface area contributed by atoms with Gasteiger partial charge < -0.3 is 15.3 Å². The van der Waals surface area contributed by atoms with Gasteiger partial charge in [-0.1, -0.05) is 20.3 Å². The maximum absolute atomic E-state index is 11.2. The van der Waals surface area contributed by atoms with Gasteiger partial charge in [-0.3, -0.25) is 4.79 Å². The molecular formula is C15H30N2O2. The van der Waals surface area contributed by atoms with E-state index in [0.29, 0.717) is 6.42 Å². The molecule has 112 valence electrons. The Kier molecular flexibility index (Phi) is 8.07. The van der Waals surface area contributed by atoms with Gasteiger partial charge in [0.1, 0.15) is 6.04 Å². The highest BCUT2D eigenvalue weighted by atomic mass is 16.4. The number of carboxylic acid groups (broad SMARTS) is 1. The second kappa shape index (κ2) is 9.32. The highest BCUT2D eigenvalue weighted by Crippen LogP contribution is 2.20. The standard InChI is InChI=1S/C15H30N2O2/c1-3-9-16-14(15(18)19)8-12-17-10-5-6-13(4-2)7-11-17/h13-14,16H,3-12H2,1-2H3,(H,18,19). The third-order valence-electron chi connectivity index (χ3n) is 4.19. The Labute approximate surface area is 117 Å². The van der Waals surface area contributed by atoms with Gasteiger partial charge in [0.05, 0.1) is 0 Å². The van der Waals surface area contributed by atoms with Crippen LogP contribution in [0.3, 0.4) is 0 Å². The van der Waals surface area contributed by atoms with Crippen molar-refractivity contribution in [2.75, 3.05) is 26.2 Å². The maximum atomic E-state index is 11.2. The average molecular weight is 270 g/mol. The number of hydrogen-bond donors (Lipinski definition) is 2. The van der Waals surface area contributed by atoms with Gasteiger partial charge in [0.2, 0.25) is 0 Å². The third kappa shape index (κ3) is 6.39. The van der Waals surface area contributed by atoms with E-state index in [2.05, 4.69) is 24.1 Å². The molecule has 1 aliphatic rings. The van der Waals surface area contributed by atoms with Crippen LogP contribution >= 0.6 is 0 Å². The summed E-state index contributed by atoms with van der Waals surface area (Å²) in [7, 11) is 0. The molecule has 0 aromatic carbocycles. The van der Waals surface area contributed by atoms with Crippen LogP contribution in [0.4, 0.5) is 0 Å². The minimum absolute atomic E-state index is 0.384. The normalized spacial score (nSPS) is 22.9. The molecule has 0 aromatic rings. The first-order valence-corrected chi connectivity index (χ1v) is 7.85. The van der Waals surface area contributed by atoms with E-state index in [-0.39, 0.29) is 6.04 Å². The lowest BCUT2D eigenvalue weighted by Crippen LogP contribution is -2.40. The number of aliphatic carboxylic acids is 1. The van der Waals surface area contributed by atoms with Crippen molar-refractivity contribution in [3.05, 3.63) is 0 Å². The lowest BCUT2D eigenvalue weighted by atomic mass is 9.98. The van der Waals surface area contributed by atoms with E-state index in [1.54, 1.807) is 0 Å². The van der Waals surface area contributed by atoms with Crippen LogP contribution in [0.5, 0.6) is 0 Å². The van der Waals surface area contributed by atoms with E-state index in [4.69, 9.17) is 0 Å². The molecule has 2 unspecified atom stereocenters. The van der Waals surface area contributed by atoms with E-state index in [1.165, 1.54) is 25.7 Å². The molecule has 1 fully saturated rings. The fourth-order valence-corrected chi connectivity index (χ4v) is 2.80. The lowest BCUT2D eigenvalue weighted by molar-refractivity contribution is -0.139. The zero-order valence-corrected chi connectivity index (χ0v) is 12.5. The molecule has 2 N–H and O–H groups in total. The van der Waals surface area contributed by atoms with E-state index in [0.717, 1.165) is 38.5 Å². The van der Waals surface area contributed by atoms with Crippen LogP contribution in [0.15, 0.2) is 0 Å². The van der Waals surface area contributed by atoms with Crippen molar-refractivity contribution in [1.82, 2.24) is 10.2 Å². The van der Waals surface area contributed by atoms with Gasteiger partial charge in [-0.2, -0.15) is 0 Å². The molecule has 0 spiro atoms. The molecule has 0 aromatic heterocycles. The molecule has 0 bridgehead atoms. The number of hydrogen-bond acceptors (Lipinski definition) is 3. The van der Waals surface area contributed by atoms with Crippen LogP contribution < -0.4 is 5.32 Å². The zero-order chi connectivity index (χ0) is 14.1. The number of likely N-dealkylation sites (tertiary alicyclic amines) is 1. The molecule has 1 saturated heterocycles. The topological polar surface area (TPSA) is 52.6 Å². The first kappa shape index (κ1) is 16.4. The summed E-state index contributed by atoms with van der Waals surface area (Å²) in [5, 5.41) is 12.3. The molecule has 4 heteroatoms. The highest BCUT2D eigenvalue weighted by Gasteiger charge is 2.20. The quantitative estimate of drug-likeness (QED) is 0.711. The molecule has 0 aliphatic carbocycles. The molecule has 0 radical (unpaired) electrons. The summed E-state index contributed by atoms with van der Waals surface area (Å²) in [6.07, 6.45) is 6.85. The largest absolute Gasteiger partial charge is 0.480 e. The minimum Gasteiger partial charge on any atom is -0.480 e. The first-order valence-electron chi connectivity index (χ1n) is 7.85. The van der Waals surface area contributed by atoms with E-state index >= 15 is 0 Å². The maximum Gasteiger partial charge on any atom is 0.320 e. The second-order valence-corrected chi connectivity index (χ2v) is 5.68. The molecular weight excluding hydrogens is 240 g/mol. The monoisotopic (exact) mass is 270 g/mol. The Morgan fingerprint density at radius 3 is 2.79 bits per heavy atom. The molecule has 1 rings (SSSR count). The third-order valence-corrected chi connectivity index (χ3v) is 4.19. The Bertz CT molecular complexity index is 259. The first-order chi connectivity index (χ1) is 9.17. The lowest BCUT2D eigenvalue weighted by Gasteiger charge is -2.22. The molecule has 0 amide bonds. The smallest absolute Gasteiger partial charge is 0.320 e. The summed E-state index contributed by atoms with van der Waals surface area (Å²) in [6, 6.07) is -0.384. The van der Waals surface area contributed by atoms with Crippen LogP contribution in [-0.4, -0.2) is 48.2 Å². The van der Waals surface area contributed by atoms with Gasteiger partial charge >= 0.3 is 5.97 Å². The van der Waals surface area contributed by atoms with Gasteiger partial charge in [-0.25, -0.2) is 0 Å². The highest BCUT2D eigenvalue weighted by molar-refractivity contribution is 5.73. The van der Waals surface area contributed by atoms with Gasteiger partial charge in [0.15, 0.2) is 0 Å². The van der Waals surface area contributed by atoms with E-state index < -0.39 is 5.97 Å². The SMILES string of the molecule is CCCNC(CCN1CCCC(CC)CC1)C(=O)O. The number of carboxylic acids is 1. The van der Waals surface area contributed by atoms with Crippen LogP contribution in [0, 0.1) is 5.92 Å². The van der Waals surface area contributed by atoms with Crippen LogP contribution in [-0.2, 0) is 4.79 Å². The van der Waals surface area contributed by atoms with Crippen molar-refractivity contribution in [1.29, 1.82) is 0 Å². The van der Waals surface area contributed by atoms with Crippen molar-refractivity contribution < 1.29 is 9.90 Å². The van der Waals surface area contributed by atoms with Crippen LogP contribution in [0.1, 0.15) is 52.4 Å². The predicted octanol–water partition coefficient (Wildman–Crippen LogP) is 2.34. The zero-order valence-electron chi connectivity index (χ0n) is 12.5. The fourth-order valence-electron chi connectivity index (χ4n) is 2.80. The van der Waals surface area contributed by atoms with Crippen LogP contribution in [0.25, 0.3) is 0 Å². The number of rotatable bonds is 8. The second-order valence-electron chi connectivity index (χ2n) is 5.68. The Balaban J connectivity index is 2.30. The summed E-state index contributed by atoms with van der Waals surface area (Å²) in [4.78, 5) is 13.6. The number of nitrogens with one attached hydrogen (secondary N) is 1. The minimum atomic E-state index is -0.713. The van der Waals surface area contributed by atoms with Crippen LogP contribution in [0.2, 0.25) is 0 Å². The van der Waals surface area contributed by atoms with Crippen molar-refractivity contribution in [2.24, 2.45) is 5.92 Å². The van der Waals surface area contributed by atoms with Crippen molar-refractivity contribution in [2.45, 2.75) is 58.4 Å². The molecule has 4 nitrogen and oxygen atoms in total. The summed E-state index contributed by atoms with van der Waals surface area (Å²) in [6.45, 7) is 8.30. The number of carbonyl (C=O) groups is 1. The Morgan fingerprint density at radius 2 is 2.16 bits per heavy atom. The average Bonchev–Trinajstić information content (AvgIpc) is 2.63. The molecule has 1 aliphatic heterocycles. The van der Waals surface area contributed by atoms with Gasteiger partial charge in [-0.15, -0.1) is 0 Å². The Hall–Kier alpha value is -0.610. The summed E-state index contributed by atoms with van der Waals surface area (Å²) in [5.74, 6) is 0.160. The predicted molar refractivity (Wildman–Crippen MR) is 78.4 cm³/mol. The summed E-state index contributed by atoms with van der Waals surface area (Å²) >= 11 is 0. The number of nitrogens with zero attached hydrogens (tertiary/aromatic N) is 1. The van der Waals surface area contributed by atoms with Crippen molar-refractivity contribution in [3.8, 4) is 0 Å². The van der Waals surface area contributed by atoms with E-state index in [1.807, 2.05) is 0 Å². The van der Waals surface area contributed by atoms with Gasteiger partial charge in [0, 0.05) is 6.54 Å². The van der Waals surface area contributed by atoms with Gasteiger partial charge in [-0.05, 0) is 57.7 Å². The summed E-state index contributed by atoms with van der Waals surface area (Å²) in [5.41, 5.74) is 0. The van der Waals surface area contributed by atoms with E-state index in [9.17, 15) is 9.90 Å². The Morgan fingerprint density at radius 1 is 1.37 bits per heavy atom. The molecule has 2 atom stereocenters. The van der Waals surface area contributed by atoms with Crippen molar-refractivity contribution in [3.63, 3.8) is 0 Å². The van der Waals surface area contributed by atoms with Crippen molar-refractivity contribution >= 4 is 5.97 Å². The molecule has 1 heterocycles. The van der Waals surface area contributed by atoms with Gasteiger partial charge in [0.25, 0.3) is 0 Å². The molecule has 19 heavy (non-hydrogen) atoms. The molecule has 0 saturated carbocycles. The fraction of sp³-hybridized carbons (Fsp3) is 0.933.